The summed E-state index contributed by atoms with van der Waals surface area (Å²) in [6, 6.07) is 4.71. The molecular weight excluding hydrogens is 217 g/mol. The Balaban J connectivity index is 0.00000128. The maximum atomic E-state index is 10.6. The van der Waals surface area contributed by atoms with Gasteiger partial charge in [0.2, 0.25) is 0 Å². The molecule has 1 N–H and O–H groups in total. The largest absolute Gasteiger partial charge is 1.00 e. The Morgan fingerprint density at radius 1 is 1.44 bits per heavy atom. The number of carboxylic acids is 1. The van der Waals surface area contributed by atoms with Gasteiger partial charge in [-0.2, -0.15) is 0 Å². The van der Waals surface area contributed by atoms with Crippen LogP contribution in [0.5, 0.6) is 0 Å². The Hall–Kier alpha value is -1.17. The number of aromatic carboxylic acids is 1. The van der Waals surface area contributed by atoms with E-state index >= 15 is 0 Å². The molecule has 0 atom stereocenters. The molecule has 2 aromatic rings. The van der Waals surface area contributed by atoms with Crippen molar-refractivity contribution in [3.05, 3.63) is 35.9 Å². The van der Waals surface area contributed by atoms with Crippen LogP contribution in [-0.2, 0) is 0 Å². The van der Waals surface area contributed by atoms with Gasteiger partial charge >= 0.3 is 29.6 Å². The minimum absolute atomic E-state index is 0. The Morgan fingerprint density at radius 3 is 2.75 bits per heavy atom. The van der Waals surface area contributed by atoms with Crippen molar-refractivity contribution >= 4 is 5.97 Å². The number of carboxylic acid groups (broad SMARTS) is 1. The van der Waals surface area contributed by atoms with Crippen LogP contribution in [0.4, 0.5) is 0 Å². The molecule has 0 saturated carbocycles. The molecule has 0 bridgehead atoms. The van der Waals surface area contributed by atoms with Crippen molar-refractivity contribution in [2.24, 2.45) is 0 Å². The van der Waals surface area contributed by atoms with Gasteiger partial charge in [0.1, 0.15) is 5.82 Å². The fourth-order valence-corrected chi connectivity index (χ4v) is 1.25. The fraction of sp³-hybridized carbons (Fsp3) is 0.100. The third kappa shape index (κ3) is 2.69. The number of hydrogen-bond acceptors (Lipinski definition) is 4. The Bertz CT molecular complexity index is 510. The summed E-state index contributed by atoms with van der Waals surface area (Å²) >= 11 is 0. The van der Waals surface area contributed by atoms with Gasteiger partial charge in [-0.3, -0.25) is 0 Å². The number of carbonyl (C=O) groups excluding carboxylic acids is 1. The van der Waals surface area contributed by atoms with Gasteiger partial charge in [-0.15, -0.1) is 0 Å². The molecule has 2 heterocycles. The van der Waals surface area contributed by atoms with E-state index in [1.54, 1.807) is 18.3 Å². The normalized spacial score (nSPS) is 9.56. The van der Waals surface area contributed by atoms with Crippen LogP contribution < -0.4 is 34.7 Å². The number of H-pyrrole nitrogens is 1. The van der Waals surface area contributed by atoms with Crippen molar-refractivity contribution in [3.8, 4) is 11.4 Å². The monoisotopic (exact) mass is 225 g/mol. The molecule has 0 aromatic carbocycles. The van der Waals surface area contributed by atoms with E-state index in [0.29, 0.717) is 11.4 Å². The van der Waals surface area contributed by atoms with Gasteiger partial charge in [0.05, 0.1) is 29.2 Å². The molecule has 2 aromatic heterocycles. The van der Waals surface area contributed by atoms with Crippen molar-refractivity contribution in [3.63, 3.8) is 0 Å². The number of imidazole rings is 1. The van der Waals surface area contributed by atoms with Crippen LogP contribution in [-0.4, -0.2) is 20.9 Å². The van der Waals surface area contributed by atoms with Crippen LogP contribution in [0.3, 0.4) is 0 Å². The molecule has 0 aliphatic heterocycles. The van der Waals surface area contributed by atoms with Crippen molar-refractivity contribution in [2.75, 3.05) is 0 Å². The number of aryl methyl sites for hydroxylation is 1. The molecule has 0 aliphatic carbocycles. The summed E-state index contributed by atoms with van der Waals surface area (Å²) in [5.41, 5.74) is 1.15. The third-order valence-electron chi connectivity index (χ3n) is 1.94. The average Bonchev–Trinajstić information content (AvgIpc) is 2.65. The van der Waals surface area contributed by atoms with Gasteiger partial charge in [0.25, 0.3) is 0 Å². The second-order valence-corrected chi connectivity index (χ2v) is 3.08. The van der Waals surface area contributed by atoms with E-state index in [1.165, 1.54) is 6.07 Å². The number of carbonyl (C=O) groups is 1. The van der Waals surface area contributed by atoms with Crippen LogP contribution in [0.15, 0.2) is 24.4 Å². The summed E-state index contributed by atoms with van der Waals surface area (Å²) in [5.74, 6) is -0.529. The van der Waals surface area contributed by atoms with Crippen molar-refractivity contribution in [1.82, 2.24) is 15.0 Å². The number of nitrogens with one attached hydrogen (secondary N) is 1. The topological polar surface area (TPSA) is 81.7 Å². The molecule has 0 radical (unpaired) electrons. The van der Waals surface area contributed by atoms with Gasteiger partial charge in [-0.25, -0.2) is 9.97 Å². The Kier molecular flexibility index (Phi) is 4.23. The molecule has 5 nitrogen and oxygen atoms in total. The molecule has 76 valence electrons. The van der Waals surface area contributed by atoms with Crippen LogP contribution in [0, 0.1) is 6.92 Å². The summed E-state index contributed by atoms with van der Waals surface area (Å²) in [7, 11) is 0. The summed E-state index contributed by atoms with van der Waals surface area (Å²) in [6.07, 6.45) is 1.61. The summed E-state index contributed by atoms with van der Waals surface area (Å²) in [6.45, 7) is 1.81. The first-order valence-corrected chi connectivity index (χ1v) is 4.37. The predicted octanol–water partition coefficient (Wildman–Crippen LogP) is -2.85. The van der Waals surface area contributed by atoms with E-state index in [9.17, 15) is 9.90 Å². The van der Waals surface area contributed by atoms with E-state index < -0.39 is 5.97 Å². The second-order valence-electron chi connectivity index (χ2n) is 3.08. The number of pyridine rings is 1. The maximum absolute atomic E-state index is 10.6. The van der Waals surface area contributed by atoms with Crippen molar-refractivity contribution in [2.45, 2.75) is 6.92 Å². The molecule has 16 heavy (non-hydrogen) atoms. The predicted molar refractivity (Wildman–Crippen MR) is 50.9 cm³/mol. The van der Waals surface area contributed by atoms with Crippen LogP contribution in [0.2, 0.25) is 0 Å². The minimum Gasteiger partial charge on any atom is -0.543 e. The van der Waals surface area contributed by atoms with Gasteiger partial charge in [-0.05, 0) is 19.1 Å². The summed E-state index contributed by atoms with van der Waals surface area (Å²) in [5, 5.41) is 10.6. The van der Waals surface area contributed by atoms with Gasteiger partial charge in [-0.1, -0.05) is 6.07 Å². The Morgan fingerprint density at radius 2 is 2.19 bits per heavy atom. The zero-order valence-corrected chi connectivity index (χ0v) is 11.0. The van der Waals surface area contributed by atoms with E-state index in [2.05, 4.69) is 15.0 Å². The third-order valence-corrected chi connectivity index (χ3v) is 1.94. The second kappa shape index (κ2) is 5.25. The molecule has 0 aliphatic rings. The quantitative estimate of drug-likeness (QED) is 0.558. The first-order valence-electron chi connectivity index (χ1n) is 4.37. The van der Waals surface area contributed by atoms with E-state index in [-0.39, 0.29) is 35.3 Å². The fourth-order valence-electron chi connectivity index (χ4n) is 1.25. The van der Waals surface area contributed by atoms with E-state index in [0.717, 1.165) is 5.82 Å². The first kappa shape index (κ1) is 12.9. The number of hydrogen-bond donors (Lipinski definition) is 1. The van der Waals surface area contributed by atoms with E-state index in [4.69, 9.17) is 0 Å². The summed E-state index contributed by atoms with van der Waals surface area (Å²) in [4.78, 5) is 21.5. The van der Waals surface area contributed by atoms with E-state index in [1.807, 2.05) is 6.92 Å². The van der Waals surface area contributed by atoms with Crippen molar-refractivity contribution in [1.29, 1.82) is 0 Å². The SMILES string of the molecule is Cc1ncc(-c2cccc(C(=O)[O-])n2)[nH]1.[Na+]. The molecule has 0 saturated heterocycles. The molecular formula is C10H8N3NaO2. The van der Waals surface area contributed by atoms with Crippen molar-refractivity contribution < 1.29 is 39.5 Å². The zero-order valence-electron chi connectivity index (χ0n) is 9.02. The molecule has 2 rings (SSSR count). The smallest absolute Gasteiger partial charge is 0.543 e. The Labute approximate surface area is 114 Å². The molecule has 0 fully saturated rings. The first-order chi connectivity index (χ1) is 7.16. The number of rotatable bonds is 2. The van der Waals surface area contributed by atoms with Gasteiger partial charge < -0.3 is 14.9 Å². The number of nitrogens with zero attached hydrogens (tertiary/aromatic N) is 2. The average molecular weight is 225 g/mol. The zero-order chi connectivity index (χ0) is 10.8. The minimum atomic E-state index is -1.28. The number of aromatic amines is 1. The number of aromatic nitrogens is 3. The van der Waals surface area contributed by atoms with Crippen LogP contribution in [0.1, 0.15) is 16.3 Å². The van der Waals surface area contributed by atoms with Gasteiger partial charge in [0.15, 0.2) is 0 Å². The van der Waals surface area contributed by atoms with Crippen LogP contribution in [0.25, 0.3) is 11.4 Å². The molecule has 6 heteroatoms. The molecule has 0 amide bonds. The molecule has 0 spiro atoms. The summed E-state index contributed by atoms with van der Waals surface area (Å²) < 4.78 is 0. The van der Waals surface area contributed by atoms with Gasteiger partial charge in [0, 0.05) is 0 Å². The maximum Gasteiger partial charge on any atom is 1.00 e. The van der Waals surface area contributed by atoms with Crippen LogP contribution >= 0.6 is 0 Å². The standard InChI is InChI=1S/C10H9N3O2.Na/c1-6-11-5-9(12-6)7-3-2-4-8(13-7)10(14)15;/h2-5H,1H3,(H,11,12)(H,14,15);/q;+1/p-1. The molecule has 0 unspecified atom stereocenters.